The first-order valence-corrected chi connectivity index (χ1v) is 7.66. The highest BCUT2D eigenvalue weighted by molar-refractivity contribution is 5.94. The minimum absolute atomic E-state index is 0.0730. The van der Waals surface area contributed by atoms with Crippen LogP contribution >= 0.6 is 0 Å². The number of carbonyl (C=O) groups excluding carboxylic acids is 1. The van der Waals surface area contributed by atoms with Crippen LogP contribution < -0.4 is 11.1 Å². The number of anilines is 1. The Balaban J connectivity index is 1.80. The molecule has 0 bridgehead atoms. The van der Waals surface area contributed by atoms with E-state index < -0.39 is 0 Å². The molecule has 1 aliphatic heterocycles. The van der Waals surface area contributed by atoms with Crippen molar-refractivity contribution in [2.24, 2.45) is 7.05 Å². The van der Waals surface area contributed by atoms with E-state index in [-0.39, 0.29) is 18.1 Å². The van der Waals surface area contributed by atoms with Crippen molar-refractivity contribution in [2.45, 2.75) is 39.0 Å². The molecule has 0 fully saturated rings. The summed E-state index contributed by atoms with van der Waals surface area (Å²) >= 11 is 0. The molecule has 23 heavy (non-hydrogen) atoms. The first-order chi connectivity index (χ1) is 11.0. The van der Waals surface area contributed by atoms with E-state index in [1.165, 1.54) is 0 Å². The second-order valence-corrected chi connectivity index (χ2v) is 5.87. The number of ether oxygens (including phenoxy) is 1. The molecule has 122 valence electrons. The second-order valence-electron chi connectivity index (χ2n) is 5.87. The van der Waals surface area contributed by atoms with E-state index in [2.05, 4.69) is 15.4 Å². The van der Waals surface area contributed by atoms with Crippen molar-refractivity contribution in [3.63, 3.8) is 0 Å². The Hall–Kier alpha value is -2.41. The van der Waals surface area contributed by atoms with Crippen molar-refractivity contribution in [3.8, 4) is 0 Å². The Kier molecular flexibility index (Phi) is 4.04. The number of nitrogen functional groups attached to an aromatic ring is 1. The molecule has 2 aromatic heterocycles. The van der Waals surface area contributed by atoms with Gasteiger partial charge in [-0.05, 0) is 26.0 Å². The lowest BCUT2D eigenvalue weighted by Gasteiger charge is -2.24. The molecule has 0 saturated carbocycles. The summed E-state index contributed by atoms with van der Waals surface area (Å²) in [5, 5.41) is 7.34. The first-order valence-electron chi connectivity index (χ1n) is 7.66. The van der Waals surface area contributed by atoms with Gasteiger partial charge >= 0.3 is 0 Å². The highest BCUT2D eigenvalue weighted by Crippen LogP contribution is 2.31. The molecule has 2 aromatic rings. The van der Waals surface area contributed by atoms with Crippen LogP contribution in [0.15, 0.2) is 18.2 Å². The van der Waals surface area contributed by atoms with Gasteiger partial charge in [-0.1, -0.05) is 6.07 Å². The first kappa shape index (κ1) is 15.5. The number of hydrogen-bond acceptors (Lipinski definition) is 5. The molecule has 7 nitrogen and oxygen atoms in total. The molecule has 0 saturated heterocycles. The monoisotopic (exact) mass is 315 g/mol. The van der Waals surface area contributed by atoms with E-state index in [0.29, 0.717) is 24.5 Å². The van der Waals surface area contributed by atoms with E-state index >= 15 is 0 Å². The molecule has 0 unspecified atom stereocenters. The van der Waals surface area contributed by atoms with Gasteiger partial charge in [0.25, 0.3) is 5.91 Å². The lowest BCUT2D eigenvalue weighted by atomic mass is 9.99. The van der Waals surface area contributed by atoms with Gasteiger partial charge in [-0.3, -0.25) is 9.48 Å². The van der Waals surface area contributed by atoms with Crippen LogP contribution in [0, 0.1) is 0 Å². The largest absolute Gasteiger partial charge is 0.384 e. The summed E-state index contributed by atoms with van der Waals surface area (Å²) in [6.45, 7) is 4.29. The van der Waals surface area contributed by atoms with Crippen molar-refractivity contribution in [1.82, 2.24) is 20.1 Å². The van der Waals surface area contributed by atoms with Crippen LogP contribution in [0.1, 0.15) is 47.4 Å². The molecule has 0 aliphatic carbocycles. The molecule has 0 radical (unpaired) electrons. The minimum atomic E-state index is -0.160. The van der Waals surface area contributed by atoms with Crippen LogP contribution in [-0.2, 0) is 24.8 Å². The van der Waals surface area contributed by atoms with Crippen molar-refractivity contribution in [2.75, 3.05) is 5.73 Å². The predicted octanol–water partition coefficient (Wildman–Crippen LogP) is 1.35. The minimum Gasteiger partial charge on any atom is -0.384 e. The number of nitrogens with one attached hydrogen (secondary N) is 1. The number of hydrogen-bond donors (Lipinski definition) is 2. The molecular formula is C16H21N5O2. The van der Waals surface area contributed by atoms with Crippen LogP contribution in [0.2, 0.25) is 0 Å². The smallest absolute Gasteiger partial charge is 0.270 e. The maximum absolute atomic E-state index is 12.6. The average molecular weight is 315 g/mol. The second kappa shape index (κ2) is 6.00. The zero-order valence-corrected chi connectivity index (χ0v) is 13.5. The van der Waals surface area contributed by atoms with E-state index in [1.807, 2.05) is 26.0 Å². The summed E-state index contributed by atoms with van der Waals surface area (Å²) in [7, 11) is 1.78. The van der Waals surface area contributed by atoms with Gasteiger partial charge in [0.1, 0.15) is 11.5 Å². The number of nitrogens with zero attached hydrogens (tertiary/aromatic N) is 3. The average Bonchev–Trinajstić information content (AvgIpc) is 2.81. The molecular weight excluding hydrogens is 294 g/mol. The number of rotatable bonds is 3. The number of pyridine rings is 1. The van der Waals surface area contributed by atoms with Gasteiger partial charge in [0.2, 0.25) is 0 Å². The van der Waals surface area contributed by atoms with Crippen molar-refractivity contribution in [1.29, 1.82) is 0 Å². The number of aryl methyl sites for hydroxylation is 1. The van der Waals surface area contributed by atoms with Gasteiger partial charge in [0, 0.05) is 19.0 Å². The molecule has 3 N–H and O–H groups in total. The number of fused-ring (bicyclic) bond motifs is 1. The third kappa shape index (κ3) is 3.05. The standard InChI is InChI=1S/C16H21N5O2/c1-9-7-12-14(10(2)23-9)20-21(3)15(12)16(22)18-8-11-5-4-6-13(17)19-11/h4-6,9-10H,7-8H2,1-3H3,(H2,17,19)(H,18,22)/t9-,10+/m1/s1. The van der Waals surface area contributed by atoms with E-state index in [9.17, 15) is 4.79 Å². The Bertz CT molecular complexity index is 740. The normalized spacial score (nSPS) is 20.1. The number of amides is 1. The summed E-state index contributed by atoms with van der Waals surface area (Å²) in [5.74, 6) is 0.279. The fourth-order valence-electron chi connectivity index (χ4n) is 3.00. The van der Waals surface area contributed by atoms with Crippen LogP contribution in [0.5, 0.6) is 0 Å². The van der Waals surface area contributed by atoms with Gasteiger partial charge in [-0.2, -0.15) is 5.10 Å². The Morgan fingerprint density at radius 3 is 3.00 bits per heavy atom. The molecule has 7 heteroatoms. The maximum Gasteiger partial charge on any atom is 0.270 e. The summed E-state index contributed by atoms with van der Waals surface area (Å²) in [6.07, 6.45) is 0.660. The molecule has 0 aromatic carbocycles. The van der Waals surface area contributed by atoms with Crippen molar-refractivity contribution >= 4 is 11.7 Å². The lowest BCUT2D eigenvalue weighted by Crippen LogP contribution is -2.28. The van der Waals surface area contributed by atoms with Gasteiger partial charge in [0.05, 0.1) is 30.1 Å². The third-order valence-electron chi connectivity index (χ3n) is 3.96. The highest BCUT2D eigenvalue weighted by atomic mass is 16.5. The lowest BCUT2D eigenvalue weighted by molar-refractivity contribution is -0.00710. The Morgan fingerprint density at radius 1 is 1.48 bits per heavy atom. The maximum atomic E-state index is 12.6. The predicted molar refractivity (Wildman–Crippen MR) is 85.7 cm³/mol. The number of nitrogens with two attached hydrogens (primary N) is 1. The Morgan fingerprint density at radius 2 is 2.26 bits per heavy atom. The fraction of sp³-hybridized carbons (Fsp3) is 0.438. The van der Waals surface area contributed by atoms with Gasteiger partial charge in [-0.25, -0.2) is 4.98 Å². The van der Waals surface area contributed by atoms with Crippen LogP contribution in [0.3, 0.4) is 0 Å². The number of aromatic nitrogens is 3. The summed E-state index contributed by atoms with van der Waals surface area (Å²) in [5.41, 5.74) is 8.78. The van der Waals surface area contributed by atoms with E-state index in [0.717, 1.165) is 17.0 Å². The van der Waals surface area contributed by atoms with Crippen LogP contribution in [0.25, 0.3) is 0 Å². The summed E-state index contributed by atoms with van der Waals surface area (Å²) in [6, 6.07) is 5.36. The Labute approximate surface area is 134 Å². The number of carbonyl (C=O) groups is 1. The summed E-state index contributed by atoms with van der Waals surface area (Å²) < 4.78 is 7.40. The SMILES string of the molecule is C[C@@H]1Cc2c(nn(C)c2C(=O)NCc2cccc(N)n2)[C@H](C)O1. The van der Waals surface area contributed by atoms with Gasteiger partial charge in [0.15, 0.2) is 0 Å². The molecule has 1 aliphatic rings. The molecule has 1 amide bonds. The topological polar surface area (TPSA) is 95.1 Å². The highest BCUT2D eigenvalue weighted by Gasteiger charge is 2.31. The molecule has 3 heterocycles. The van der Waals surface area contributed by atoms with Crippen molar-refractivity contribution < 1.29 is 9.53 Å². The quantitative estimate of drug-likeness (QED) is 0.891. The van der Waals surface area contributed by atoms with E-state index in [1.54, 1.807) is 17.8 Å². The van der Waals surface area contributed by atoms with Crippen LogP contribution in [0.4, 0.5) is 5.82 Å². The van der Waals surface area contributed by atoms with E-state index in [4.69, 9.17) is 10.5 Å². The fourth-order valence-corrected chi connectivity index (χ4v) is 3.00. The third-order valence-corrected chi connectivity index (χ3v) is 3.96. The van der Waals surface area contributed by atoms with Crippen molar-refractivity contribution in [3.05, 3.63) is 40.8 Å². The zero-order chi connectivity index (χ0) is 16.6. The molecule has 3 rings (SSSR count). The molecule has 0 spiro atoms. The molecule has 2 atom stereocenters. The van der Waals surface area contributed by atoms with Crippen LogP contribution in [-0.4, -0.2) is 26.8 Å². The van der Waals surface area contributed by atoms with Gasteiger partial charge < -0.3 is 15.8 Å². The zero-order valence-electron chi connectivity index (χ0n) is 13.5. The summed E-state index contributed by atoms with van der Waals surface area (Å²) in [4.78, 5) is 16.8. The van der Waals surface area contributed by atoms with Gasteiger partial charge in [-0.15, -0.1) is 0 Å².